The highest BCUT2D eigenvalue weighted by Gasteiger charge is 2.56. The summed E-state index contributed by atoms with van der Waals surface area (Å²) in [5.74, 6) is -5.05. The largest absolute Gasteiger partial charge is 0.504 e. The molecule has 3 aliphatic carbocycles. The van der Waals surface area contributed by atoms with Crippen LogP contribution in [0.1, 0.15) is 44.1 Å². The standard InChI is InChI=1S/C28H26BrNO8/c1-12-8-19(31)17-11-16-14(5-6-15-23(16)28(37)30(27(15)36)7-3-4-21(32)33)22(24(17)25(12)34)18-9-13(29)10-20(38-2)26(18)35/h5,8-10,15-16,22-23,35H,3-4,6-7,11H2,1-2H3,(H,32,33)/t15-,16+,22+,23-/m0/s1. The van der Waals surface area contributed by atoms with Crippen LogP contribution in [0.25, 0.3) is 0 Å². The fourth-order valence-corrected chi connectivity index (χ4v) is 6.82. The Bertz CT molecular complexity index is 1400. The number of likely N-dealkylation sites (tertiary alicyclic amines) is 1. The second kappa shape index (κ2) is 9.65. The lowest BCUT2D eigenvalue weighted by Gasteiger charge is -2.42. The second-order valence-electron chi connectivity index (χ2n) is 10.1. The van der Waals surface area contributed by atoms with Crippen molar-refractivity contribution in [3.8, 4) is 11.5 Å². The van der Waals surface area contributed by atoms with Crippen LogP contribution in [0.5, 0.6) is 11.5 Å². The third-order valence-electron chi connectivity index (χ3n) is 8.03. The molecule has 1 aromatic rings. The number of hydrogen-bond donors (Lipinski definition) is 2. The summed E-state index contributed by atoms with van der Waals surface area (Å²) in [6.07, 6.45) is 3.54. The van der Waals surface area contributed by atoms with Crippen LogP contribution in [0.2, 0.25) is 0 Å². The van der Waals surface area contributed by atoms with Crippen molar-refractivity contribution in [2.24, 2.45) is 17.8 Å². The number of aromatic hydroxyl groups is 1. The summed E-state index contributed by atoms with van der Waals surface area (Å²) in [5.41, 5.74) is 1.94. The van der Waals surface area contributed by atoms with E-state index in [0.717, 1.165) is 4.90 Å². The number of carbonyl (C=O) groups is 5. The Balaban J connectivity index is 1.63. The van der Waals surface area contributed by atoms with Crippen LogP contribution in [-0.4, -0.2) is 58.1 Å². The lowest BCUT2D eigenvalue weighted by molar-refractivity contribution is -0.142. The number of fused-ring (bicyclic) bond motifs is 3. The Kier molecular flexibility index (Phi) is 6.63. The lowest BCUT2D eigenvalue weighted by Crippen LogP contribution is -2.40. The minimum absolute atomic E-state index is 0.0133. The average molecular weight is 584 g/mol. The number of hydrogen-bond acceptors (Lipinski definition) is 7. The number of ether oxygens (including phenoxy) is 1. The molecule has 2 N–H and O–H groups in total. The molecule has 1 aromatic carbocycles. The fourth-order valence-electron chi connectivity index (χ4n) is 6.36. The van der Waals surface area contributed by atoms with E-state index in [9.17, 15) is 29.1 Å². The molecule has 0 unspecified atom stereocenters. The molecule has 0 spiro atoms. The number of allylic oxidation sites excluding steroid dienone is 6. The van der Waals surface area contributed by atoms with Gasteiger partial charge in [-0.3, -0.25) is 28.9 Å². The van der Waals surface area contributed by atoms with E-state index in [1.807, 2.05) is 6.08 Å². The number of ketones is 2. The van der Waals surface area contributed by atoms with E-state index in [1.165, 1.54) is 13.2 Å². The number of carbonyl (C=O) groups excluding carboxylic acids is 4. The summed E-state index contributed by atoms with van der Waals surface area (Å²) in [7, 11) is 1.41. The topological polar surface area (TPSA) is 138 Å². The second-order valence-corrected chi connectivity index (χ2v) is 11.0. The third kappa shape index (κ3) is 4.02. The van der Waals surface area contributed by atoms with Crippen LogP contribution < -0.4 is 4.74 Å². The van der Waals surface area contributed by atoms with Crippen molar-refractivity contribution in [1.29, 1.82) is 0 Å². The molecule has 1 fully saturated rings. The van der Waals surface area contributed by atoms with Crippen LogP contribution in [0.4, 0.5) is 0 Å². The third-order valence-corrected chi connectivity index (χ3v) is 8.49. The van der Waals surface area contributed by atoms with Gasteiger partial charge in [-0.15, -0.1) is 0 Å². The first-order chi connectivity index (χ1) is 18.0. The summed E-state index contributed by atoms with van der Waals surface area (Å²) in [6.45, 7) is 1.59. The molecule has 0 bridgehead atoms. The normalized spacial score (nSPS) is 26.6. The summed E-state index contributed by atoms with van der Waals surface area (Å²) in [5, 5.41) is 20.1. The van der Waals surface area contributed by atoms with Crippen LogP contribution in [0, 0.1) is 17.8 Å². The van der Waals surface area contributed by atoms with Gasteiger partial charge in [-0.05, 0) is 50.3 Å². The fraction of sp³-hybridized carbons (Fsp3) is 0.393. The number of carboxylic acids is 1. The van der Waals surface area contributed by atoms with E-state index in [2.05, 4.69) is 15.9 Å². The number of carboxylic acid groups (broad SMARTS) is 1. The molecule has 2 amide bonds. The van der Waals surface area contributed by atoms with Crippen molar-refractivity contribution >= 4 is 45.3 Å². The molecule has 5 rings (SSSR count). The molecule has 0 aromatic heterocycles. The van der Waals surface area contributed by atoms with E-state index in [1.54, 1.807) is 19.1 Å². The highest BCUT2D eigenvalue weighted by molar-refractivity contribution is 9.10. The van der Waals surface area contributed by atoms with Gasteiger partial charge in [-0.1, -0.05) is 27.6 Å². The number of halogens is 1. The van der Waals surface area contributed by atoms with Gasteiger partial charge in [0, 0.05) is 45.6 Å². The zero-order chi connectivity index (χ0) is 27.5. The van der Waals surface area contributed by atoms with Gasteiger partial charge in [0.2, 0.25) is 11.8 Å². The van der Waals surface area contributed by atoms with Crippen molar-refractivity contribution < 1.29 is 38.9 Å². The molecule has 0 radical (unpaired) electrons. The zero-order valence-corrected chi connectivity index (χ0v) is 22.4. The van der Waals surface area contributed by atoms with Crippen LogP contribution >= 0.6 is 15.9 Å². The first-order valence-corrected chi connectivity index (χ1v) is 13.2. The average Bonchev–Trinajstić information content (AvgIpc) is 3.12. The maximum absolute atomic E-state index is 13.6. The van der Waals surface area contributed by atoms with E-state index < -0.39 is 29.6 Å². The quantitative estimate of drug-likeness (QED) is 0.295. The SMILES string of the molecule is COc1cc(Br)cc([C@H]2C3=CC[C@@H]4C(=O)N(CCCC(=O)O)C(=O)[C@@H]4[C@@H]3CC3=C2C(=O)C(C)=CC3=O)c1O. The molecule has 4 atom stereocenters. The maximum atomic E-state index is 13.6. The highest BCUT2D eigenvalue weighted by atomic mass is 79.9. The van der Waals surface area contributed by atoms with E-state index in [0.29, 0.717) is 21.2 Å². The number of aliphatic carboxylic acids is 1. The van der Waals surface area contributed by atoms with Gasteiger partial charge >= 0.3 is 5.97 Å². The number of phenolic OH excluding ortho intramolecular Hbond substituents is 1. The van der Waals surface area contributed by atoms with Crippen molar-refractivity contribution in [3.05, 3.63) is 56.6 Å². The van der Waals surface area contributed by atoms with E-state index >= 15 is 0 Å². The number of benzene rings is 1. The van der Waals surface area contributed by atoms with Crippen molar-refractivity contribution in [2.75, 3.05) is 13.7 Å². The van der Waals surface area contributed by atoms with Crippen molar-refractivity contribution in [3.63, 3.8) is 0 Å². The van der Waals surface area contributed by atoms with Gasteiger partial charge in [0.05, 0.1) is 18.9 Å². The van der Waals surface area contributed by atoms with Gasteiger partial charge in [0.1, 0.15) is 0 Å². The molecule has 10 heteroatoms. The Morgan fingerprint density at radius 3 is 2.58 bits per heavy atom. The number of Topliss-reactive ketones (excluding diaryl/α,β-unsaturated/α-hetero) is 1. The van der Waals surface area contributed by atoms with Gasteiger partial charge < -0.3 is 14.9 Å². The van der Waals surface area contributed by atoms with Gasteiger partial charge in [0.25, 0.3) is 0 Å². The van der Waals surface area contributed by atoms with E-state index in [-0.39, 0.29) is 78.3 Å². The lowest BCUT2D eigenvalue weighted by atomic mass is 9.59. The molecule has 9 nitrogen and oxygen atoms in total. The van der Waals surface area contributed by atoms with Crippen LogP contribution in [0.15, 0.2) is 51.0 Å². The number of amides is 2. The molecule has 4 aliphatic rings. The minimum Gasteiger partial charge on any atom is -0.504 e. The number of methoxy groups -OCH3 is 1. The Hall–Kier alpha value is -3.53. The molecule has 0 saturated carbocycles. The number of nitrogens with zero attached hydrogens (tertiary/aromatic N) is 1. The number of phenols is 1. The molecule has 1 saturated heterocycles. The monoisotopic (exact) mass is 583 g/mol. The number of imide groups is 1. The zero-order valence-electron chi connectivity index (χ0n) is 20.8. The molecule has 38 heavy (non-hydrogen) atoms. The highest BCUT2D eigenvalue weighted by Crippen LogP contribution is 2.57. The summed E-state index contributed by atoms with van der Waals surface area (Å²) in [6, 6.07) is 3.26. The predicted molar refractivity (Wildman–Crippen MR) is 137 cm³/mol. The van der Waals surface area contributed by atoms with E-state index in [4.69, 9.17) is 9.84 Å². The molecular weight excluding hydrogens is 558 g/mol. The summed E-state index contributed by atoms with van der Waals surface area (Å²) >= 11 is 3.44. The summed E-state index contributed by atoms with van der Waals surface area (Å²) in [4.78, 5) is 65.6. The Labute approximate surface area is 227 Å². The van der Waals surface area contributed by atoms with Crippen LogP contribution in [0.3, 0.4) is 0 Å². The number of rotatable bonds is 6. The summed E-state index contributed by atoms with van der Waals surface area (Å²) < 4.78 is 5.94. The smallest absolute Gasteiger partial charge is 0.303 e. The van der Waals surface area contributed by atoms with Gasteiger partial charge in [0.15, 0.2) is 23.1 Å². The Morgan fingerprint density at radius 2 is 1.89 bits per heavy atom. The molecule has 1 heterocycles. The first kappa shape index (κ1) is 26.1. The van der Waals surface area contributed by atoms with Crippen molar-refractivity contribution in [2.45, 2.75) is 38.5 Å². The maximum Gasteiger partial charge on any atom is 0.303 e. The molecule has 198 valence electrons. The van der Waals surface area contributed by atoms with Gasteiger partial charge in [-0.25, -0.2) is 0 Å². The van der Waals surface area contributed by atoms with Crippen molar-refractivity contribution in [1.82, 2.24) is 4.90 Å². The predicted octanol–water partition coefficient (Wildman–Crippen LogP) is 3.46. The minimum atomic E-state index is -1.01. The van der Waals surface area contributed by atoms with Crippen LogP contribution in [-0.2, 0) is 24.0 Å². The Morgan fingerprint density at radius 1 is 1.16 bits per heavy atom. The molecular formula is C28H26BrNO8. The molecule has 1 aliphatic heterocycles. The first-order valence-electron chi connectivity index (χ1n) is 12.4. The van der Waals surface area contributed by atoms with Gasteiger partial charge in [-0.2, -0.15) is 0 Å².